The summed E-state index contributed by atoms with van der Waals surface area (Å²) in [5, 5.41) is 4.72. The number of amides is 1. The number of carbonyl (C=O) groups is 1. The van der Waals surface area contributed by atoms with E-state index in [1.807, 2.05) is 36.5 Å². The van der Waals surface area contributed by atoms with Crippen LogP contribution in [-0.4, -0.2) is 52.8 Å². The number of likely N-dealkylation sites (N-methyl/N-ethyl adjacent to an activating group) is 1. The van der Waals surface area contributed by atoms with Crippen molar-refractivity contribution in [3.8, 4) is 5.75 Å². The molecule has 166 valence electrons. The van der Waals surface area contributed by atoms with Crippen LogP contribution < -0.4 is 14.8 Å². The Hall–Kier alpha value is -2.15. The SMILES string of the molecule is CN(C)[C@H](CNC(=O)CCNS(=O)(=O)c1ccc(OC(F)(F)F)cc1)c1cccs1. The Bertz CT molecular complexity index is 915. The quantitative estimate of drug-likeness (QED) is 0.564. The molecular weight excluding hydrogens is 443 g/mol. The molecule has 0 saturated carbocycles. The summed E-state index contributed by atoms with van der Waals surface area (Å²) in [6.45, 7) is 0.223. The molecule has 2 rings (SSSR count). The summed E-state index contributed by atoms with van der Waals surface area (Å²) in [7, 11) is -0.173. The number of halogens is 3. The van der Waals surface area contributed by atoms with Crippen molar-refractivity contribution >= 4 is 27.3 Å². The molecule has 2 aromatic rings. The highest BCUT2D eigenvalue weighted by Crippen LogP contribution is 2.24. The van der Waals surface area contributed by atoms with E-state index in [4.69, 9.17) is 0 Å². The Morgan fingerprint density at radius 2 is 1.87 bits per heavy atom. The number of ether oxygens (including phenoxy) is 1. The highest BCUT2D eigenvalue weighted by Gasteiger charge is 2.31. The maximum Gasteiger partial charge on any atom is 0.573 e. The Labute approximate surface area is 176 Å². The van der Waals surface area contributed by atoms with Crippen molar-refractivity contribution in [3.63, 3.8) is 0 Å². The third kappa shape index (κ3) is 7.59. The van der Waals surface area contributed by atoms with Gasteiger partial charge in [0.1, 0.15) is 5.75 Å². The van der Waals surface area contributed by atoms with E-state index in [1.165, 1.54) is 0 Å². The van der Waals surface area contributed by atoms with Gasteiger partial charge in [0.25, 0.3) is 0 Å². The molecule has 0 spiro atoms. The molecule has 0 aliphatic rings. The lowest BCUT2D eigenvalue weighted by atomic mass is 10.2. The van der Waals surface area contributed by atoms with Crippen molar-refractivity contribution in [1.82, 2.24) is 14.9 Å². The minimum absolute atomic E-state index is 0.00285. The summed E-state index contributed by atoms with van der Waals surface area (Å²) in [5.41, 5.74) is 0. The average molecular weight is 466 g/mol. The molecule has 1 atom stereocenters. The van der Waals surface area contributed by atoms with Crippen LogP contribution >= 0.6 is 11.3 Å². The van der Waals surface area contributed by atoms with E-state index in [2.05, 4.69) is 14.8 Å². The van der Waals surface area contributed by atoms with Gasteiger partial charge in [-0.15, -0.1) is 24.5 Å². The molecule has 0 aliphatic carbocycles. The van der Waals surface area contributed by atoms with E-state index in [9.17, 15) is 26.4 Å². The van der Waals surface area contributed by atoms with Crippen molar-refractivity contribution in [2.75, 3.05) is 27.2 Å². The van der Waals surface area contributed by atoms with Crippen molar-refractivity contribution < 1.29 is 31.1 Å². The van der Waals surface area contributed by atoms with E-state index >= 15 is 0 Å². The fraction of sp³-hybridized carbons (Fsp3) is 0.389. The minimum Gasteiger partial charge on any atom is -0.406 e. The van der Waals surface area contributed by atoms with Crippen LogP contribution in [0.3, 0.4) is 0 Å². The van der Waals surface area contributed by atoms with Gasteiger partial charge in [-0.3, -0.25) is 4.79 Å². The average Bonchev–Trinajstić information content (AvgIpc) is 3.15. The van der Waals surface area contributed by atoms with Gasteiger partial charge in [0.15, 0.2) is 0 Å². The molecule has 1 aromatic carbocycles. The number of hydrogen-bond acceptors (Lipinski definition) is 6. The molecule has 0 radical (unpaired) electrons. The first-order valence-electron chi connectivity index (χ1n) is 8.80. The predicted molar refractivity (Wildman–Crippen MR) is 107 cm³/mol. The van der Waals surface area contributed by atoms with Gasteiger partial charge in [-0.2, -0.15) is 0 Å². The van der Waals surface area contributed by atoms with Crippen LogP contribution in [0.4, 0.5) is 13.2 Å². The molecule has 1 amide bonds. The number of carbonyl (C=O) groups excluding carboxylic acids is 1. The lowest BCUT2D eigenvalue weighted by molar-refractivity contribution is -0.274. The van der Waals surface area contributed by atoms with Gasteiger partial charge in [-0.25, -0.2) is 13.1 Å². The molecule has 30 heavy (non-hydrogen) atoms. The summed E-state index contributed by atoms with van der Waals surface area (Å²) in [6, 6.07) is 7.69. The molecule has 1 aromatic heterocycles. The van der Waals surface area contributed by atoms with E-state index in [1.54, 1.807) is 11.3 Å². The molecule has 0 saturated heterocycles. The van der Waals surface area contributed by atoms with Crippen molar-refractivity contribution in [2.45, 2.75) is 23.7 Å². The van der Waals surface area contributed by atoms with Crippen molar-refractivity contribution in [2.24, 2.45) is 0 Å². The van der Waals surface area contributed by atoms with Gasteiger partial charge in [-0.1, -0.05) is 6.07 Å². The Morgan fingerprint density at radius 1 is 1.20 bits per heavy atom. The molecule has 12 heteroatoms. The molecule has 0 bridgehead atoms. The lowest BCUT2D eigenvalue weighted by Crippen LogP contribution is -2.36. The van der Waals surface area contributed by atoms with E-state index in [0.29, 0.717) is 6.54 Å². The standard InChI is InChI=1S/C18H22F3N3O4S2/c1-24(2)15(16-4-3-11-29-16)12-22-17(25)9-10-23-30(26,27)14-7-5-13(6-8-14)28-18(19,20)21/h3-8,11,15,23H,9-10,12H2,1-2H3,(H,22,25)/t15-/m1/s1. The summed E-state index contributed by atoms with van der Waals surface area (Å²) in [5.74, 6) is -0.850. The number of rotatable bonds is 10. The van der Waals surface area contributed by atoms with Crippen LogP contribution in [0, 0.1) is 0 Å². The first-order valence-corrected chi connectivity index (χ1v) is 11.2. The monoisotopic (exact) mass is 465 g/mol. The number of nitrogens with zero attached hydrogens (tertiary/aromatic N) is 1. The zero-order chi connectivity index (χ0) is 22.4. The number of benzene rings is 1. The maximum atomic E-state index is 12.2. The number of alkyl halides is 3. The minimum atomic E-state index is -4.86. The smallest absolute Gasteiger partial charge is 0.406 e. The largest absolute Gasteiger partial charge is 0.573 e. The lowest BCUT2D eigenvalue weighted by Gasteiger charge is -2.23. The van der Waals surface area contributed by atoms with Gasteiger partial charge in [-0.05, 0) is 49.8 Å². The van der Waals surface area contributed by atoms with Crippen LogP contribution in [0.15, 0.2) is 46.7 Å². The van der Waals surface area contributed by atoms with E-state index in [-0.39, 0.29) is 29.8 Å². The molecule has 1 heterocycles. The van der Waals surface area contributed by atoms with Gasteiger partial charge >= 0.3 is 6.36 Å². The summed E-state index contributed by atoms with van der Waals surface area (Å²) in [6.07, 6.45) is -4.94. The first kappa shape index (κ1) is 24.1. The summed E-state index contributed by atoms with van der Waals surface area (Å²) >= 11 is 1.58. The van der Waals surface area contributed by atoms with Gasteiger partial charge in [0, 0.05) is 24.4 Å². The Kier molecular flexibility index (Phi) is 8.24. The third-order valence-corrected chi connectivity index (χ3v) is 6.45. The predicted octanol–water partition coefficient (Wildman–Crippen LogP) is 2.73. The fourth-order valence-corrected chi connectivity index (χ4v) is 4.47. The third-order valence-electron chi connectivity index (χ3n) is 4.00. The fourth-order valence-electron chi connectivity index (χ4n) is 2.52. The zero-order valence-corrected chi connectivity index (χ0v) is 17.9. The van der Waals surface area contributed by atoms with Crippen molar-refractivity contribution in [3.05, 3.63) is 46.7 Å². The topological polar surface area (TPSA) is 87.7 Å². The highest BCUT2D eigenvalue weighted by molar-refractivity contribution is 7.89. The molecule has 0 fully saturated rings. The second kappa shape index (κ2) is 10.2. The van der Waals surface area contributed by atoms with Gasteiger partial charge in [0.2, 0.25) is 15.9 Å². The molecule has 7 nitrogen and oxygen atoms in total. The second-order valence-corrected chi connectivity index (χ2v) is 9.21. The van der Waals surface area contributed by atoms with Crippen LogP contribution in [0.5, 0.6) is 5.75 Å². The van der Waals surface area contributed by atoms with E-state index < -0.39 is 22.1 Å². The number of sulfonamides is 1. The summed E-state index contributed by atoms with van der Waals surface area (Å²) in [4.78, 5) is 14.9. The molecular formula is C18H22F3N3O4S2. The van der Waals surface area contributed by atoms with Gasteiger partial charge < -0.3 is 15.0 Å². The van der Waals surface area contributed by atoms with Crippen LogP contribution in [0.1, 0.15) is 17.3 Å². The maximum absolute atomic E-state index is 12.2. The normalized spacial score (nSPS) is 13.3. The number of nitrogens with one attached hydrogen (secondary N) is 2. The van der Waals surface area contributed by atoms with E-state index in [0.717, 1.165) is 29.1 Å². The van der Waals surface area contributed by atoms with Crippen LogP contribution in [0.25, 0.3) is 0 Å². The molecule has 0 aliphatic heterocycles. The van der Waals surface area contributed by atoms with Gasteiger partial charge in [0.05, 0.1) is 10.9 Å². The Morgan fingerprint density at radius 3 is 2.40 bits per heavy atom. The zero-order valence-electron chi connectivity index (χ0n) is 16.3. The highest BCUT2D eigenvalue weighted by atomic mass is 32.2. The number of hydrogen-bond donors (Lipinski definition) is 2. The molecule has 0 unspecified atom stereocenters. The Balaban J connectivity index is 1.82. The second-order valence-electron chi connectivity index (χ2n) is 6.47. The number of thiophene rings is 1. The first-order chi connectivity index (χ1) is 14.0. The molecule has 2 N–H and O–H groups in total. The van der Waals surface area contributed by atoms with Crippen LogP contribution in [-0.2, 0) is 14.8 Å². The van der Waals surface area contributed by atoms with Crippen LogP contribution in [0.2, 0.25) is 0 Å². The summed E-state index contributed by atoms with van der Waals surface area (Å²) < 4.78 is 66.9. The van der Waals surface area contributed by atoms with Crippen molar-refractivity contribution in [1.29, 1.82) is 0 Å².